The predicted octanol–water partition coefficient (Wildman–Crippen LogP) is 4.31. The molecule has 0 saturated carbocycles. The average Bonchev–Trinajstić information content (AvgIpc) is 2.17. The number of aliphatic hydroxyl groups is 1. The first-order chi connectivity index (χ1) is 7.16. The van der Waals surface area contributed by atoms with E-state index in [0.29, 0.717) is 6.61 Å². The van der Waals surface area contributed by atoms with E-state index < -0.39 is 0 Å². The Labute approximate surface area is 95.6 Å². The van der Waals surface area contributed by atoms with Crippen LogP contribution in [0.2, 0.25) is 0 Å². The van der Waals surface area contributed by atoms with E-state index in [0.717, 1.165) is 12.3 Å². The second-order valence-corrected chi connectivity index (χ2v) is 4.89. The summed E-state index contributed by atoms with van der Waals surface area (Å²) in [6.07, 6.45) is 11.0. The van der Waals surface area contributed by atoms with Crippen molar-refractivity contribution < 1.29 is 5.11 Å². The monoisotopic (exact) mass is 212 g/mol. The Morgan fingerprint density at radius 1 is 1.07 bits per heavy atom. The summed E-state index contributed by atoms with van der Waals surface area (Å²) in [6.45, 7) is 7.04. The Balaban J connectivity index is 3.26. The highest BCUT2D eigenvalue weighted by molar-refractivity contribution is 4.92. The van der Waals surface area contributed by atoms with Gasteiger partial charge in [-0.25, -0.2) is 0 Å². The molecule has 90 valence electrons. The zero-order chi connectivity index (χ0) is 11.5. The topological polar surface area (TPSA) is 20.2 Å². The number of rotatable bonds is 9. The van der Waals surface area contributed by atoms with Gasteiger partial charge in [-0.05, 0) is 39.0 Å². The van der Waals surface area contributed by atoms with Crippen molar-refractivity contribution in [2.75, 3.05) is 6.61 Å². The molecule has 0 bridgehead atoms. The molecule has 1 heteroatoms. The Hall–Kier alpha value is -0.300. The maximum atomic E-state index is 8.64. The molecule has 0 aromatic carbocycles. The van der Waals surface area contributed by atoms with Gasteiger partial charge >= 0.3 is 0 Å². The molecule has 0 rings (SSSR count). The third-order valence-electron chi connectivity index (χ3n) is 2.82. The molecule has 0 aromatic rings. The minimum atomic E-state index is 0.357. The molecule has 0 aliphatic heterocycles. The lowest BCUT2D eigenvalue weighted by atomic mass is 9.97. The first-order valence-corrected chi connectivity index (χ1v) is 6.41. The molecule has 0 amide bonds. The van der Waals surface area contributed by atoms with Crippen LogP contribution in [0.5, 0.6) is 0 Å². The first kappa shape index (κ1) is 14.7. The summed E-state index contributed by atoms with van der Waals surface area (Å²) < 4.78 is 0. The van der Waals surface area contributed by atoms with Crippen molar-refractivity contribution >= 4 is 0 Å². The number of unbranched alkanes of at least 4 members (excludes halogenated alkanes) is 3. The molecule has 0 aliphatic rings. The smallest absolute Gasteiger partial charge is 0.0431 e. The lowest BCUT2D eigenvalue weighted by Crippen LogP contribution is -1.94. The molecule has 0 fully saturated rings. The maximum Gasteiger partial charge on any atom is 0.0431 e. The number of hydrogen-bond acceptors (Lipinski definition) is 1. The predicted molar refractivity (Wildman–Crippen MR) is 68.0 cm³/mol. The van der Waals surface area contributed by atoms with Crippen molar-refractivity contribution in [2.45, 2.75) is 65.7 Å². The van der Waals surface area contributed by atoms with Gasteiger partial charge in [-0.2, -0.15) is 0 Å². The van der Waals surface area contributed by atoms with Gasteiger partial charge in [0.15, 0.2) is 0 Å². The highest BCUT2D eigenvalue weighted by atomic mass is 16.2. The Morgan fingerprint density at radius 3 is 2.33 bits per heavy atom. The van der Waals surface area contributed by atoms with Crippen molar-refractivity contribution in [3.63, 3.8) is 0 Å². The van der Waals surface area contributed by atoms with Gasteiger partial charge in [-0.3, -0.25) is 0 Å². The van der Waals surface area contributed by atoms with Gasteiger partial charge < -0.3 is 5.11 Å². The molecule has 1 N–H and O–H groups in total. The van der Waals surface area contributed by atoms with Gasteiger partial charge in [0.1, 0.15) is 0 Å². The maximum absolute atomic E-state index is 8.64. The SMILES string of the molecule is CC(C)=CCCC(C)CCCCCCO. The number of aliphatic hydroxyl groups excluding tert-OH is 1. The van der Waals surface area contributed by atoms with Gasteiger partial charge in [0.25, 0.3) is 0 Å². The normalized spacial score (nSPS) is 12.5. The Kier molecular flexibility index (Phi) is 10.0. The summed E-state index contributed by atoms with van der Waals surface area (Å²) in [6, 6.07) is 0. The highest BCUT2D eigenvalue weighted by Crippen LogP contribution is 2.16. The fourth-order valence-electron chi connectivity index (χ4n) is 1.76. The summed E-state index contributed by atoms with van der Waals surface area (Å²) in [5.74, 6) is 0.856. The minimum Gasteiger partial charge on any atom is -0.396 e. The van der Waals surface area contributed by atoms with Crippen LogP contribution < -0.4 is 0 Å². The number of allylic oxidation sites excluding steroid dienone is 2. The zero-order valence-corrected chi connectivity index (χ0v) is 10.8. The van der Waals surface area contributed by atoms with Crippen molar-refractivity contribution in [1.29, 1.82) is 0 Å². The molecular weight excluding hydrogens is 184 g/mol. The Bertz CT molecular complexity index is 157. The molecule has 15 heavy (non-hydrogen) atoms. The van der Waals surface area contributed by atoms with Crippen LogP contribution in [0.3, 0.4) is 0 Å². The lowest BCUT2D eigenvalue weighted by Gasteiger charge is -2.09. The van der Waals surface area contributed by atoms with Crippen LogP contribution in [0, 0.1) is 5.92 Å². The van der Waals surface area contributed by atoms with Gasteiger partial charge in [-0.15, -0.1) is 0 Å². The summed E-state index contributed by atoms with van der Waals surface area (Å²) >= 11 is 0. The third-order valence-corrected chi connectivity index (χ3v) is 2.82. The van der Waals surface area contributed by atoms with Crippen molar-refractivity contribution in [3.05, 3.63) is 11.6 Å². The van der Waals surface area contributed by atoms with Crippen molar-refractivity contribution in [3.8, 4) is 0 Å². The highest BCUT2D eigenvalue weighted by Gasteiger charge is 2.00. The molecule has 0 aromatic heterocycles. The van der Waals surface area contributed by atoms with Crippen LogP contribution in [0.15, 0.2) is 11.6 Å². The molecule has 0 aliphatic carbocycles. The molecule has 1 unspecified atom stereocenters. The minimum absolute atomic E-state index is 0.357. The van der Waals surface area contributed by atoms with Crippen LogP contribution in [-0.4, -0.2) is 11.7 Å². The number of hydrogen-bond donors (Lipinski definition) is 1. The van der Waals surface area contributed by atoms with E-state index in [2.05, 4.69) is 26.8 Å². The van der Waals surface area contributed by atoms with Crippen LogP contribution in [0.1, 0.15) is 65.7 Å². The first-order valence-electron chi connectivity index (χ1n) is 6.41. The van der Waals surface area contributed by atoms with Gasteiger partial charge in [-0.1, -0.05) is 44.3 Å². The van der Waals surface area contributed by atoms with E-state index in [4.69, 9.17) is 5.11 Å². The van der Waals surface area contributed by atoms with E-state index >= 15 is 0 Å². The quantitative estimate of drug-likeness (QED) is 0.446. The van der Waals surface area contributed by atoms with Gasteiger partial charge in [0.2, 0.25) is 0 Å². The Morgan fingerprint density at radius 2 is 1.73 bits per heavy atom. The summed E-state index contributed by atoms with van der Waals surface area (Å²) in [7, 11) is 0. The largest absolute Gasteiger partial charge is 0.396 e. The summed E-state index contributed by atoms with van der Waals surface area (Å²) in [5, 5.41) is 8.64. The van der Waals surface area contributed by atoms with E-state index in [1.807, 2.05) is 0 Å². The molecule has 0 radical (unpaired) electrons. The second kappa shape index (κ2) is 10.2. The molecule has 0 saturated heterocycles. The molecule has 0 heterocycles. The van der Waals surface area contributed by atoms with E-state index in [1.165, 1.54) is 44.1 Å². The average molecular weight is 212 g/mol. The zero-order valence-electron chi connectivity index (χ0n) is 10.8. The van der Waals surface area contributed by atoms with Crippen LogP contribution >= 0.6 is 0 Å². The van der Waals surface area contributed by atoms with Gasteiger partial charge in [0, 0.05) is 6.61 Å². The molecule has 0 spiro atoms. The third kappa shape index (κ3) is 11.6. The van der Waals surface area contributed by atoms with E-state index in [1.54, 1.807) is 0 Å². The standard InChI is InChI=1S/C14H28O/c1-13(2)9-8-11-14(3)10-6-4-5-7-12-15/h9,14-15H,4-8,10-12H2,1-3H3. The van der Waals surface area contributed by atoms with E-state index in [9.17, 15) is 0 Å². The molecule has 1 nitrogen and oxygen atoms in total. The fourth-order valence-corrected chi connectivity index (χ4v) is 1.76. The molecule has 1 atom stereocenters. The fraction of sp³-hybridized carbons (Fsp3) is 0.857. The second-order valence-electron chi connectivity index (χ2n) is 4.89. The van der Waals surface area contributed by atoms with Crippen LogP contribution in [0.4, 0.5) is 0 Å². The van der Waals surface area contributed by atoms with Crippen LogP contribution in [-0.2, 0) is 0 Å². The van der Waals surface area contributed by atoms with Gasteiger partial charge in [0.05, 0.1) is 0 Å². The summed E-state index contributed by atoms with van der Waals surface area (Å²) in [5.41, 5.74) is 1.44. The van der Waals surface area contributed by atoms with Crippen LogP contribution in [0.25, 0.3) is 0 Å². The van der Waals surface area contributed by atoms with Crippen molar-refractivity contribution in [2.24, 2.45) is 5.92 Å². The molecular formula is C14H28O. The van der Waals surface area contributed by atoms with E-state index in [-0.39, 0.29) is 0 Å². The van der Waals surface area contributed by atoms with Crippen molar-refractivity contribution in [1.82, 2.24) is 0 Å². The summed E-state index contributed by atoms with van der Waals surface area (Å²) in [4.78, 5) is 0. The lowest BCUT2D eigenvalue weighted by molar-refractivity contribution is 0.281.